The molecule has 1 aliphatic heterocycles. The third-order valence-electron chi connectivity index (χ3n) is 9.17. The first kappa shape index (κ1) is 36.2. The van der Waals surface area contributed by atoms with Gasteiger partial charge in [-0.15, -0.1) is 6.42 Å². The molecule has 3 atom stereocenters. The van der Waals surface area contributed by atoms with Gasteiger partial charge < -0.3 is 19.2 Å². The maximum Gasteiger partial charge on any atom is 0.341 e. The fraction of sp³-hybridized carbons (Fsp3) is 0.571. The SMILES string of the molecule is C#C[C@]1(OC(=O)c2ccccc2C)O[C@@H](n2cnc3c(NC(=O)CCCCCCCCC)nc(F)nc32)C[C@@H]1O[Si](C)(C)C(C)(C)C. The van der Waals surface area contributed by atoms with Crippen LogP contribution in [0.15, 0.2) is 30.6 Å². The molecule has 0 spiro atoms. The number of unbranched alkanes of at least 4 members (excludes halogenated alkanes) is 6. The van der Waals surface area contributed by atoms with Gasteiger partial charge in [0.15, 0.2) is 25.3 Å². The lowest BCUT2D eigenvalue weighted by Gasteiger charge is -2.40. The molecule has 0 bridgehead atoms. The van der Waals surface area contributed by atoms with E-state index in [9.17, 15) is 14.0 Å². The molecule has 1 saturated heterocycles. The first-order valence-corrected chi connectivity index (χ1v) is 19.4. The van der Waals surface area contributed by atoms with Crippen molar-refractivity contribution in [2.24, 2.45) is 0 Å². The number of amides is 1. The average Bonchev–Trinajstić information content (AvgIpc) is 3.57. The van der Waals surface area contributed by atoms with Gasteiger partial charge in [0.25, 0.3) is 0 Å². The van der Waals surface area contributed by atoms with Gasteiger partial charge in [-0.2, -0.15) is 14.4 Å². The number of terminal acetylenes is 1. The molecular formula is C35H48FN5O5Si. The van der Waals surface area contributed by atoms with Gasteiger partial charge in [-0.05, 0) is 49.0 Å². The van der Waals surface area contributed by atoms with Gasteiger partial charge in [-0.3, -0.25) is 9.36 Å². The molecule has 2 aromatic heterocycles. The van der Waals surface area contributed by atoms with Crippen molar-refractivity contribution in [3.63, 3.8) is 0 Å². The fourth-order valence-corrected chi connectivity index (χ4v) is 6.67. The Bertz CT molecular complexity index is 1610. The predicted octanol–water partition coefficient (Wildman–Crippen LogP) is 7.85. The molecule has 0 unspecified atom stereocenters. The van der Waals surface area contributed by atoms with E-state index in [1.165, 1.54) is 30.2 Å². The van der Waals surface area contributed by atoms with E-state index in [2.05, 4.69) is 67.0 Å². The topological polar surface area (TPSA) is 117 Å². The normalized spacial score (nSPS) is 19.9. The van der Waals surface area contributed by atoms with Gasteiger partial charge >= 0.3 is 17.8 Å². The first-order valence-electron chi connectivity index (χ1n) is 16.5. The lowest BCUT2D eigenvalue weighted by molar-refractivity contribution is -0.195. The molecule has 47 heavy (non-hydrogen) atoms. The maximum absolute atomic E-state index is 14.8. The highest BCUT2D eigenvalue weighted by atomic mass is 28.4. The summed E-state index contributed by atoms with van der Waals surface area (Å²) in [6, 6.07) is 7.03. The Labute approximate surface area is 278 Å². The summed E-state index contributed by atoms with van der Waals surface area (Å²) >= 11 is 0. The number of esters is 1. The number of nitrogens with zero attached hydrogens (tertiary/aromatic N) is 4. The quantitative estimate of drug-likeness (QED) is 0.0608. The van der Waals surface area contributed by atoms with Crippen LogP contribution >= 0.6 is 0 Å². The predicted molar refractivity (Wildman–Crippen MR) is 181 cm³/mol. The molecule has 1 amide bonds. The number of hydrogen-bond donors (Lipinski definition) is 1. The van der Waals surface area contributed by atoms with Crippen molar-refractivity contribution in [3.8, 4) is 12.3 Å². The van der Waals surface area contributed by atoms with Gasteiger partial charge in [-0.25, -0.2) is 9.78 Å². The number of rotatable bonds is 14. The average molecular weight is 666 g/mol. The van der Waals surface area contributed by atoms with Crippen molar-refractivity contribution in [1.82, 2.24) is 19.5 Å². The highest BCUT2D eigenvalue weighted by Gasteiger charge is 2.56. The number of imidazole rings is 1. The maximum atomic E-state index is 14.8. The van der Waals surface area contributed by atoms with Crippen LogP contribution in [0, 0.1) is 25.3 Å². The molecule has 10 nitrogen and oxygen atoms in total. The number of halogens is 1. The molecule has 1 fully saturated rings. The third kappa shape index (κ3) is 8.44. The standard InChI is InChI=1S/C35H48FN5O5Si/c1-9-11-12-13-14-15-16-21-27(42)38-30-29-31(40-33(36)39-30)41(23-37-29)28-22-26(46-47(7,8)34(4,5)6)35(10-2,44-28)45-32(43)25-20-18-17-19-24(25)3/h2,17-20,23,26,28H,9,11-16,21-22H2,1,3-8H3,(H,38,39,40,42)/t26-,28+,35+/m0/s1. The Balaban J connectivity index is 1.60. The van der Waals surface area contributed by atoms with Crippen LogP contribution in [0.4, 0.5) is 10.2 Å². The van der Waals surface area contributed by atoms with E-state index < -0.39 is 38.5 Å². The highest BCUT2D eigenvalue weighted by Crippen LogP contribution is 2.46. The van der Waals surface area contributed by atoms with Crippen LogP contribution in [0.1, 0.15) is 108 Å². The van der Waals surface area contributed by atoms with Crippen LogP contribution in [0.5, 0.6) is 0 Å². The number of ether oxygens (including phenoxy) is 2. The smallest absolute Gasteiger partial charge is 0.341 e. The number of hydrogen-bond acceptors (Lipinski definition) is 8. The Hall–Kier alpha value is -3.66. The second-order valence-electron chi connectivity index (χ2n) is 13.8. The molecule has 0 radical (unpaired) electrons. The Kier molecular flexibility index (Phi) is 11.6. The van der Waals surface area contributed by atoms with Gasteiger partial charge in [0.05, 0.1) is 11.9 Å². The Morgan fingerprint density at radius 2 is 1.83 bits per heavy atom. The number of anilines is 1. The van der Waals surface area contributed by atoms with Gasteiger partial charge in [-0.1, -0.05) is 84.4 Å². The van der Waals surface area contributed by atoms with Crippen LogP contribution in [-0.2, 0) is 18.7 Å². The fourth-order valence-electron chi connectivity index (χ4n) is 5.36. The van der Waals surface area contributed by atoms with Crippen molar-refractivity contribution in [2.45, 2.75) is 129 Å². The summed E-state index contributed by atoms with van der Waals surface area (Å²) in [6.45, 7) is 14.4. The number of benzene rings is 1. The summed E-state index contributed by atoms with van der Waals surface area (Å²) in [6.07, 6.45) is 12.7. The van der Waals surface area contributed by atoms with Crippen molar-refractivity contribution >= 4 is 37.2 Å². The van der Waals surface area contributed by atoms with E-state index in [0.29, 0.717) is 5.56 Å². The van der Waals surface area contributed by atoms with Crippen molar-refractivity contribution in [1.29, 1.82) is 0 Å². The van der Waals surface area contributed by atoms with Crippen LogP contribution in [0.25, 0.3) is 11.2 Å². The van der Waals surface area contributed by atoms with E-state index in [1.807, 2.05) is 6.07 Å². The molecule has 0 aliphatic carbocycles. The van der Waals surface area contributed by atoms with Crippen LogP contribution in [0.3, 0.4) is 0 Å². The van der Waals surface area contributed by atoms with Crippen molar-refractivity contribution in [2.75, 3.05) is 5.32 Å². The molecule has 4 rings (SSSR count). The third-order valence-corrected chi connectivity index (χ3v) is 13.7. The number of aryl methyl sites for hydroxylation is 1. The Morgan fingerprint density at radius 1 is 1.15 bits per heavy atom. The van der Waals surface area contributed by atoms with Crippen LogP contribution in [-0.4, -0.2) is 51.6 Å². The van der Waals surface area contributed by atoms with Gasteiger partial charge in [0.1, 0.15) is 12.3 Å². The molecule has 3 aromatic rings. The van der Waals surface area contributed by atoms with E-state index >= 15 is 0 Å². The minimum atomic E-state index is -2.47. The van der Waals surface area contributed by atoms with E-state index in [1.54, 1.807) is 25.1 Å². The second-order valence-corrected chi connectivity index (χ2v) is 18.5. The molecule has 1 N–H and O–H groups in total. The van der Waals surface area contributed by atoms with Crippen LogP contribution < -0.4 is 5.32 Å². The monoisotopic (exact) mass is 665 g/mol. The molecule has 3 heterocycles. The zero-order valence-corrected chi connectivity index (χ0v) is 29.7. The molecule has 0 saturated carbocycles. The highest BCUT2D eigenvalue weighted by molar-refractivity contribution is 6.74. The number of nitrogens with one attached hydrogen (secondary N) is 1. The molecule has 12 heteroatoms. The summed E-state index contributed by atoms with van der Waals surface area (Å²) in [5, 5.41) is 2.52. The van der Waals surface area contributed by atoms with Crippen molar-refractivity contribution < 1.29 is 27.9 Å². The molecule has 1 aromatic carbocycles. The van der Waals surface area contributed by atoms with E-state index in [-0.39, 0.29) is 40.8 Å². The zero-order valence-electron chi connectivity index (χ0n) is 28.7. The molecule has 254 valence electrons. The first-order chi connectivity index (χ1) is 22.2. The van der Waals surface area contributed by atoms with Crippen LogP contribution in [0.2, 0.25) is 18.1 Å². The number of fused-ring (bicyclic) bond motifs is 1. The largest absolute Gasteiger partial charge is 0.415 e. The summed E-state index contributed by atoms with van der Waals surface area (Å²) in [5.74, 6) is -0.266. The van der Waals surface area contributed by atoms with Gasteiger partial charge in [0, 0.05) is 12.8 Å². The van der Waals surface area contributed by atoms with Crippen molar-refractivity contribution in [3.05, 3.63) is 47.8 Å². The number of aromatic nitrogens is 4. The Morgan fingerprint density at radius 3 is 2.49 bits per heavy atom. The summed E-state index contributed by atoms with van der Waals surface area (Å²) in [4.78, 5) is 38.5. The minimum absolute atomic E-state index is 0.0274. The number of carbonyl (C=O) groups excluding carboxylic acids is 2. The zero-order chi connectivity index (χ0) is 34.4. The molecular weight excluding hydrogens is 617 g/mol. The van der Waals surface area contributed by atoms with E-state index in [4.69, 9.17) is 20.3 Å². The summed E-state index contributed by atoms with van der Waals surface area (Å²) < 4.78 is 35.5. The molecule has 1 aliphatic rings. The minimum Gasteiger partial charge on any atom is -0.415 e. The lowest BCUT2D eigenvalue weighted by atomic mass is 10.1. The van der Waals surface area contributed by atoms with Gasteiger partial charge in [0.2, 0.25) is 5.91 Å². The summed E-state index contributed by atoms with van der Waals surface area (Å²) in [5.41, 5.74) is 1.35. The lowest BCUT2D eigenvalue weighted by Crippen LogP contribution is -2.52. The second kappa shape index (κ2) is 15.0. The number of carbonyl (C=O) groups is 2. The van der Waals surface area contributed by atoms with E-state index in [0.717, 1.165) is 31.2 Å². The summed E-state index contributed by atoms with van der Waals surface area (Å²) in [7, 11) is -2.47.